The Morgan fingerprint density at radius 2 is 1.88 bits per heavy atom. The van der Waals surface area contributed by atoms with Crippen molar-refractivity contribution in [3.8, 4) is 11.7 Å². The third kappa shape index (κ3) is 5.95. The van der Waals surface area contributed by atoms with Crippen LogP contribution in [-0.4, -0.2) is 63.7 Å². The first-order chi connectivity index (χ1) is 19.9. The van der Waals surface area contributed by atoms with E-state index >= 15 is 0 Å². The third-order valence-electron chi connectivity index (χ3n) is 8.45. The summed E-state index contributed by atoms with van der Waals surface area (Å²) in [5.41, 5.74) is -1.95. The monoisotopic (exact) mass is 623 g/mol. The maximum absolute atomic E-state index is 13.6. The second-order valence-corrected chi connectivity index (χ2v) is 14.2. The predicted octanol–water partition coefficient (Wildman–Crippen LogP) is 4.41. The SMILES string of the molecule is Cc1nn(C)cc1S(=O)(=O)NC(=O)c1ccc(-n2ccc(OCC3(C(F)(F)F)CC3)n2)nc1N1C[C@@H](C(C)C)CC1(C)C. The molecule has 1 aliphatic heterocycles. The maximum atomic E-state index is 13.6. The molecule has 1 aliphatic carbocycles. The first kappa shape index (κ1) is 30.8. The molecule has 1 amide bonds. The number of carbonyl (C=O) groups is 1. The van der Waals surface area contributed by atoms with Gasteiger partial charge in [0, 0.05) is 37.6 Å². The largest absolute Gasteiger partial charge is 0.476 e. The molecule has 0 radical (unpaired) electrons. The van der Waals surface area contributed by atoms with Crippen LogP contribution in [0.4, 0.5) is 19.0 Å². The number of amides is 1. The topological polar surface area (TPSA) is 124 Å². The molecule has 1 saturated carbocycles. The fourth-order valence-corrected chi connectivity index (χ4v) is 6.71. The van der Waals surface area contributed by atoms with Crippen LogP contribution < -0.4 is 14.4 Å². The number of nitrogens with one attached hydrogen (secondary N) is 1. The van der Waals surface area contributed by atoms with Crippen LogP contribution in [0, 0.1) is 24.2 Å². The number of sulfonamides is 1. The minimum absolute atomic E-state index is 0.0139. The number of nitrogens with zero attached hydrogens (tertiary/aromatic N) is 6. The fraction of sp³-hybridized carbons (Fsp3) is 0.571. The number of halogens is 3. The molecule has 4 heterocycles. The van der Waals surface area contributed by atoms with Gasteiger partial charge in [0.2, 0.25) is 5.88 Å². The lowest BCUT2D eigenvalue weighted by molar-refractivity contribution is -0.194. The van der Waals surface area contributed by atoms with Gasteiger partial charge in [-0.25, -0.2) is 22.8 Å². The number of hydrogen-bond donors (Lipinski definition) is 1. The van der Waals surface area contributed by atoms with E-state index in [1.807, 2.05) is 18.7 Å². The molecule has 2 aliphatic rings. The van der Waals surface area contributed by atoms with Crippen LogP contribution in [0.15, 0.2) is 35.5 Å². The zero-order valence-electron chi connectivity index (χ0n) is 24.9. The Labute approximate surface area is 248 Å². The number of aryl methyl sites for hydroxylation is 2. The average Bonchev–Trinajstić information content (AvgIpc) is 3.24. The van der Waals surface area contributed by atoms with E-state index in [9.17, 15) is 26.4 Å². The van der Waals surface area contributed by atoms with Crippen LogP contribution in [0.2, 0.25) is 0 Å². The molecular weight excluding hydrogens is 587 g/mol. The van der Waals surface area contributed by atoms with Gasteiger partial charge < -0.3 is 9.64 Å². The van der Waals surface area contributed by atoms with Gasteiger partial charge in [-0.1, -0.05) is 13.8 Å². The van der Waals surface area contributed by atoms with E-state index in [1.165, 1.54) is 46.9 Å². The molecule has 11 nitrogen and oxygen atoms in total. The molecule has 1 atom stereocenters. The highest BCUT2D eigenvalue weighted by Gasteiger charge is 2.64. The molecule has 43 heavy (non-hydrogen) atoms. The zero-order valence-corrected chi connectivity index (χ0v) is 25.8. The second kappa shape index (κ2) is 10.5. The number of carbonyl (C=O) groups excluding carboxylic acids is 1. The van der Waals surface area contributed by atoms with E-state index in [1.54, 1.807) is 7.05 Å². The van der Waals surface area contributed by atoms with Gasteiger partial charge in [0.1, 0.15) is 22.7 Å². The quantitative estimate of drug-likeness (QED) is 0.372. The van der Waals surface area contributed by atoms with Gasteiger partial charge in [0.15, 0.2) is 5.82 Å². The molecule has 0 aromatic carbocycles. The van der Waals surface area contributed by atoms with Gasteiger partial charge >= 0.3 is 6.18 Å². The number of rotatable bonds is 9. The van der Waals surface area contributed by atoms with Crippen molar-refractivity contribution in [3.63, 3.8) is 0 Å². The number of pyridine rings is 1. The van der Waals surface area contributed by atoms with Crippen molar-refractivity contribution < 1.29 is 31.1 Å². The summed E-state index contributed by atoms with van der Waals surface area (Å²) in [5, 5.41) is 8.33. The number of hydrogen-bond acceptors (Lipinski definition) is 8. The van der Waals surface area contributed by atoms with Gasteiger partial charge in [-0.05, 0) is 64.0 Å². The Kier molecular flexibility index (Phi) is 7.55. The second-order valence-electron chi connectivity index (χ2n) is 12.5. The molecule has 234 valence electrons. The van der Waals surface area contributed by atoms with E-state index < -0.39 is 39.7 Å². The summed E-state index contributed by atoms with van der Waals surface area (Å²) in [7, 11) is -2.65. The predicted molar refractivity (Wildman–Crippen MR) is 152 cm³/mol. The third-order valence-corrected chi connectivity index (χ3v) is 9.88. The first-order valence-electron chi connectivity index (χ1n) is 14.0. The van der Waals surface area contributed by atoms with Crippen molar-refractivity contribution in [2.75, 3.05) is 18.1 Å². The summed E-state index contributed by atoms with van der Waals surface area (Å²) in [4.78, 5) is 20.2. The smallest absolute Gasteiger partial charge is 0.397 e. The van der Waals surface area contributed by atoms with E-state index in [2.05, 4.69) is 28.8 Å². The number of aromatic nitrogens is 5. The van der Waals surface area contributed by atoms with Crippen LogP contribution in [0.1, 0.15) is 63.0 Å². The molecule has 15 heteroatoms. The highest BCUT2D eigenvalue weighted by molar-refractivity contribution is 7.90. The molecule has 0 spiro atoms. The van der Waals surface area contributed by atoms with Crippen LogP contribution >= 0.6 is 0 Å². The minimum Gasteiger partial charge on any atom is -0.476 e. The molecule has 2 fully saturated rings. The Bertz CT molecular complexity index is 1640. The molecular formula is C28H36F3N7O4S. The van der Waals surface area contributed by atoms with Crippen molar-refractivity contribution in [1.82, 2.24) is 29.3 Å². The van der Waals surface area contributed by atoms with Gasteiger partial charge in [-0.15, -0.1) is 5.10 Å². The summed E-state index contributed by atoms with van der Waals surface area (Å²) in [5.74, 6) is 0.371. The maximum Gasteiger partial charge on any atom is 0.397 e. The first-order valence-corrected chi connectivity index (χ1v) is 15.5. The van der Waals surface area contributed by atoms with Crippen molar-refractivity contribution in [3.05, 3.63) is 41.9 Å². The molecule has 3 aromatic heterocycles. The molecule has 5 rings (SSSR count). The van der Waals surface area contributed by atoms with Crippen molar-refractivity contribution in [1.29, 1.82) is 0 Å². The van der Waals surface area contributed by atoms with Crippen molar-refractivity contribution in [2.24, 2.45) is 24.3 Å². The number of alkyl halides is 3. The zero-order chi connectivity index (χ0) is 31.5. The Morgan fingerprint density at radius 1 is 1.19 bits per heavy atom. The van der Waals surface area contributed by atoms with Crippen LogP contribution in [0.5, 0.6) is 5.88 Å². The highest BCUT2D eigenvalue weighted by atomic mass is 32.2. The van der Waals surface area contributed by atoms with Crippen molar-refractivity contribution >= 4 is 21.7 Å². The Balaban J connectivity index is 1.47. The normalized spacial score (nSPS) is 19.6. The van der Waals surface area contributed by atoms with Gasteiger partial charge in [-0.2, -0.15) is 18.3 Å². The van der Waals surface area contributed by atoms with Gasteiger partial charge in [0.05, 0.1) is 11.3 Å². The standard InChI is InChI=1S/C28H36F3N7O4S/c1-17(2)19-13-26(4,5)37(14-19)24-20(25(39)35-43(40,41)21-15-36(6)33-18(21)3)7-8-22(32-24)38-12-9-23(34-38)42-16-27(10-11-27)28(29,30)31/h7-9,12,15,17,19H,10-11,13-14,16H2,1-6H3,(H,35,39)/t19-/m0/s1. The summed E-state index contributed by atoms with van der Waals surface area (Å²) in [6.45, 7) is 9.93. The minimum atomic E-state index is -4.35. The average molecular weight is 624 g/mol. The van der Waals surface area contributed by atoms with Crippen LogP contribution in [0.25, 0.3) is 5.82 Å². The Morgan fingerprint density at radius 3 is 2.44 bits per heavy atom. The fourth-order valence-electron chi connectivity index (χ4n) is 5.52. The summed E-state index contributed by atoms with van der Waals surface area (Å²) < 4.78 is 76.5. The molecule has 1 N–H and O–H groups in total. The lowest BCUT2D eigenvalue weighted by Gasteiger charge is -2.34. The van der Waals surface area contributed by atoms with Gasteiger partial charge in [-0.3, -0.25) is 9.48 Å². The summed E-state index contributed by atoms with van der Waals surface area (Å²) >= 11 is 0. The summed E-state index contributed by atoms with van der Waals surface area (Å²) in [6.07, 6.45) is -0.653. The highest BCUT2D eigenvalue weighted by Crippen LogP contribution is 2.57. The van der Waals surface area contributed by atoms with Crippen LogP contribution in [0.3, 0.4) is 0 Å². The van der Waals surface area contributed by atoms with E-state index in [0.29, 0.717) is 18.4 Å². The lowest BCUT2D eigenvalue weighted by atomic mass is 9.89. The lowest BCUT2D eigenvalue weighted by Crippen LogP contribution is -2.41. The molecule has 3 aromatic rings. The van der Waals surface area contributed by atoms with Crippen molar-refractivity contribution in [2.45, 2.75) is 70.5 Å². The molecule has 0 unspecified atom stereocenters. The Hall–Kier alpha value is -3.62. The van der Waals surface area contributed by atoms with Crippen LogP contribution in [-0.2, 0) is 17.1 Å². The van der Waals surface area contributed by atoms with E-state index in [0.717, 1.165) is 6.42 Å². The number of ether oxygens (including phenoxy) is 1. The molecule has 1 saturated heterocycles. The number of anilines is 1. The van der Waals surface area contributed by atoms with E-state index in [4.69, 9.17) is 9.72 Å². The summed E-state index contributed by atoms with van der Waals surface area (Å²) in [6, 6.07) is 4.42. The van der Waals surface area contributed by atoms with Gasteiger partial charge in [0.25, 0.3) is 15.9 Å². The molecule has 0 bridgehead atoms. The van der Waals surface area contributed by atoms with E-state index in [-0.39, 0.29) is 46.5 Å².